The number of hydrogen-bond acceptors (Lipinski definition) is 5. The van der Waals surface area contributed by atoms with Crippen LogP contribution in [0.15, 0.2) is 18.2 Å². The van der Waals surface area contributed by atoms with Gasteiger partial charge in [-0.1, -0.05) is 13.3 Å². The van der Waals surface area contributed by atoms with Crippen LogP contribution in [0.5, 0.6) is 0 Å². The van der Waals surface area contributed by atoms with Crippen molar-refractivity contribution in [2.75, 3.05) is 17.2 Å². The molecule has 26 heavy (non-hydrogen) atoms. The Morgan fingerprint density at radius 3 is 2.69 bits per heavy atom. The van der Waals surface area contributed by atoms with Crippen molar-refractivity contribution in [2.24, 2.45) is 0 Å². The van der Waals surface area contributed by atoms with Crippen LogP contribution in [0, 0.1) is 0 Å². The molecule has 7 nitrogen and oxygen atoms in total. The molecule has 2 rings (SSSR count). The number of sulfonamides is 1. The normalized spacial score (nSPS) is 17.5. The predicted molar refractivity (Wildman–Crippen MR) is 99.7 cm³/mol. The molecule has 0 fully saturated rings. The number of rotatable bonds is 7. The zero-order valence-corrected chi connectivity index (χ0v) is 16.4. The summed E-state index contributed by atoms with van der Waals surface area (Å²) in [6.07, 6.45) is 3.51. The van der Waals surface area contributed by atoms with Crippen molar-refractivity contribution >= 4 is 27.6 Å². The Bertz CT molecular complexity index is 791. The summed E-state index contributed by atoms with van der Waals surface area (Å²) in [5.41, 5.74) is 1.67. The monoisotopic (exact) mass is 382 g/mol. The van der Waals surface area contributed by atoms with Crippen LogP contribution in [-0.2, 0) is 26.0 Å². The third kappa shape index (κ3) is 4.75. The highest BCUT2D eigenvalue weighted by atomic mass is 32.2. The topological polar surface area (TPSA) is 92.8 Å². The van der Waals surface area contributed by atoms with Crippen LogP contribution in [0.4, 0.5) is 5.69 Å². The van der Waals surface area contributed by atoms with Gasteiger partial charge in [-0.25, -0.2) is 13.2 Å². The van der Waals surface area contributed by atoms with E-state index in [1.165, 1.54) is 16.6 Å². The molecule has 144 valence electrons. The molecule has 0 saturated carbocycles. The number of carbonyl (C=O) groups excluding carboxylic acids is 2. The Labute approximate surface area is 154 Å². The summed E-state index contributed by atoms with van der Waals surface area (Å²) in [7, 11) is -3.37. The van der Waals surface area contributed by atoms with E-state index in [0.717, 1.165) is 18.4 Å². The van der Waals surface area contributed by atoms with Gasteiger partial charge in [0, 0.05) is 12.1 Å². The summed E-state index contributed by atoms with van der Waals surface area (Å²) in [5.74, 6) is -0.936. The first-order valence-electron chi connectivity index (χ1n) is 8.72. The Balaban J connectivity index is 2.02. The molecule has 1 aromatic rings. The molecule has 1 aliphatic rings. The molecule has 8 heteroatoms. The number of amides is 1. The van der Waals surface area contributed by atoms with E-state index in [-0.39, 0.29) is 24.6 Å². The van der Waals surface area contributed by atoms with Crippen LogP contribution in [0.25, 0.3) is 0 Å². The third-order valence-electron chi connectivity index (χ3n) is 4.29. The van der Waals surface area contributed by atoms with E-state index in [1.807, 2.05) is 20.8 Å². The smallest absolute Gasteiger partial charge is 0.338 e. The number of benzene rings is 1. The first-order valence-corrected chi connectivity index (χ1v) is 10.6. The molecular weight excluding hydrogens is 356 g/mol. The summed E-state index contributed by atoms with van der Waals surface area (Å²) in [6.45, 7) is 5.41. The largest absolute Gasteiger partial charge is 0.452 e. The van der Waals surface area contributed by atoms with Gasteiger partial charge in [-0.3, -0.25) is 9.10 Å². The van der Waals surface area contributed by atoms with E-state index in [1.54, 1.807) is 12.1 Å². The Morgan fingerprint density at radius 2 is 2.08 bits per heavy atom. The minimum atomic E-state index is -3.37. The van der Waals surface area contributed by atoms with E-state index in [2.05, 4.69) is 5.32 Å². The highest BCUT2D eigenvalue weighted by Crippen LogP contribution is 2.34. The second kappa shape index (κ2) is 8.07. The Hall–Kier alpha value is -2.09. The first-order chi connectivity index (χ1) is 12.1. The summed E-state index contributed by atoms with van der Waals surface area (Å²) in [5, 5.41) is 2.77. The van der Waals surface area contributed by atoms with Crippen LogP contribution in [-0.4, -0.2) is 45.2 Å². The quantitative estimate of drug-likeness (QED) is 0.727. The van der Waals surface area contributed by atoms with Crippen molar-refractivity contribution in [3.63, 3.8) is 0 Å². The molecule has 1 aliphatic heterocycles. The van der Waals surface area contributed by atoms with Gasteiger partial charge in [-0.2, -0.15) is 0 Å². The highest BCUT2D eigenvalue weighted by molar-refractivity contribution is 7.92. The van der Waals surface area contributed by atoms with Gasteiger partial charge in [0.1, 0.15) is 0 Å². The van der Waals surface area contributed by atoms with Crippen LogP contribution < -0.4 is 9.62 Å². The number of ether oxygens (including phenoxy) is 1. The lowest BCUT2D eigenvalue weighted by Crippen LogP contribution is -2.35. The van der Waals surface area contributed by atoms with Crippen molar-refractivity contribution in [3.8, 4) is 0 Å². The second-order valence-electron chi connectivity index (χ2n) is 6.79. The number of carbonyl (C=O) groups is 2. The molecule has 0 bridgehead atoms. The van der Waals surface area contributed by atoms with Gasteiger partial charge in [0.15, 0.2) is 6.61 Å². The zero-order valence-electron chi connectivity index (χ0n) is 15.6. The van der Waals surface area contributed by atoms with Crippen molar-refractivity contribution in [2.45, 2.75) is 52.1 Å². The summed E-state index contributed by atoms with van der Waals surface area (Å²) >= 11 is 0. The van der Waals surface area contributed by atoms with Gasteiger partial charge < -0.3 is 10.1 Å². The molecule has 0 aliphatic carbocycles. The van der Waals surface area contributed by atoms with E-state index in [9.17, 15) is 18.0 Å². The van der Waals surface area contributed by atoms with E-state index in [4.69, 9.17) is 4.74 Å². The molecule has 1 heterocycles. The number of hydrogen-bond donors (Lipinski definition) is 1. The highest BCUT2D eigenvalue weighted by Gasteiger charge is 2.32. The molecular formula is C18H26N2O5S. The fraction of sp³-hybridized carbons (Fsp3) is 0.556. The lowest BCUT2D eigenvalue weighted by atomic mass is 10.1. The zero-order chi connectivity index (χ0) is 19.5. The van der Waals surface area contributed by atoms with Crippen LogP contribution in [0.1, 0.15) is 49.5 Å². The first kappa shape index (κ1) is 20.2. The molecule has 0 saturated heterocycles. The molecule has 0 aromatic heterocycles. The van der Waals surface area contributed by atoms with Gasteiger partial charge in [0.25, 0.3) is 5.91 Å². The lowest BCUT2D eigenvalue weighted by Gasteiger charge is -2.21. The Morgan fingerprint density at radius 1 is 1.38 bits per heavy atom. The SMILES string of the molecule is CCC[C@H](C)NC(=O)COC(=O)c1ccc2c(c1)C[C@H](C)N2S(C)(=O)=O. The maximum atomic E-state index is 12.2. The minimum Gasteiger partial charge on any atom is -0.452 e. The molecule has 1 amide bonds. The van der Waals surface area contributed by atoms with Gasteiger partial charge in [0.2, 0.25) is 10.0 Å². The number of esters is 1. The van der Waals surface area contributed by atoms with Gasteiger partial charge in [-0.15, -0.1) is 0 Å². The van der Waals surface area contributed by atoms with Gasteiger partial charge in [-0.05, 0) is 50.5 Å². The van der Waals surface area contributed by atoms with Crippen molar-refractivity contribution < 1.29 is 22.7 Å². The van der Waals surface area contributed by atoms with Crippen LogP contribution in [0.2, 0.25) is 0 Å². The molecule has 1 N–H and O–H groups in total. The summed E-state index contributed by atoms with van der Waals surface area (Å²) < 4.78 is 30.3. The van der Waals surface area contributed by atoms with E-state index >= 15 is 0 Å². The summed E-state index contributed by atoms with van der Waals surface area (Å²) in [6, 6.07) is 4.61. The fourth-order valence-corrected chi connectivity index (χ4v) is 4.53. The maximum absolute atomic E-state index is 12.2. The number of anilines is 1. The van der Waals surface area contributed by atoms with Gasteiger partial charge >= 0.3 is 5.97 Å². The molecule has 0 spiro atoms. The van der Waals surface area contributed by atoms with Crippen molar-refractivity contribution in [1.29, 1.82) is 0 Å². The van der Waals surface area contributed by atoms with Crippen molar-refractivity contribution in [3.05, 3.63) is 29.3 Å². The second-order valence-corrected chi connectivity index (χ2v) is 8.65. The lowest BCUT2D eigenvalue weighted by molar-refractivity contribution is -0.124. The maximum Gasteiger partial charge on any atom is 0.338 e. The molecule has 1 aromatic carbocycles. The number of nitrogens with zero attached hydrogens (tertiary/aromatic N) is 1. The van der Waals surface area contributed by atoms with Crippen molar-refractivity contribution in [1.82, 2.24) is 5.32 Å². The number of fused-ring (bicyclic) bond motifs is 1. The average molecular weight is 382 g/mol. The molecule has 0 unspecified atom stereocenters. The Kier molecular flexibility index (Phi) is 6.28. The molecule has 2 atom stereocenters. The van der Waals surface area contributed by atoms with E-state index < -0.39 is 16.0 Å². The molecule has 0 radical (unpaired) electrons. The van der Waals surface area contributed by atoms with E-state index in [0.29, 0.717) is 17.7 Å². The minimum absolute atomic E-state index is 0.0367. The standard InChI is InChI=1S/C18H26N2O5S/c1-5-6-12(2)19-17(21)11-25-18(22)14-7-8-16-15(10-14)9-13(3)20(16)26(4,23)24/h7-8,10,12-13H,5-6,9,11H2,1-4H3,(H,19,21)/t12-,13-/m0/s1. The number of nitrogens with one attached hydrogen (secondary N) is 1. The fourth-order valence-electron chi connectivity index (χ4n) is 3.27. The van der Waals surface area contributed by atoms with Crippen LogP contribution >= 0.6 is 0 Å². The third-order valence-corrected chi connectivity index (χ3v) is 5.56. The predicted octanol–water partition coefficient (Wildman–Crippen LogP) is 1.86. The van der Waals surface area contributed by atoms with Crippen LogP contribution in [0.3, 0.4) is 0 Å². The summed E-state index contributed by atoms with van der Waals surface area (Å²) in [4.78, 5) is 24.0. The average Bonchev–Trinajstić information content (AvgIpc) is 2.87. The van der Waals surface area contributed by atoms with Gasteiger partial charge in [0.05, 0.1) is 17.5 Å².